The van der Waals surface area contributed by atoms with Crippen LogP contribution in [0.3, 0.4) is 0 Å². The zero-order valence-corrected chi connectivity index (χ0v) is 18.0. The first-order chi connectivity index (χ1) is 15.1. The average Bonchev–Trinajstić information content (AvgIpc) is 3.57. The highest BCUT2D eigenvalue weighted by Crippen LogP contribution is 2.49. The molecule has 1 unspecified atom stereocenters. The summed E-state index contributed by atoms with van der Waals surface area (Å²) in [5, 5.41) is 0. The predicted molar refractivity (Wildman–Crippen MR) is 117 cm³/mol. The molecule has 2 aromatic carbocycles. The number of rotatable bonds is 9. The Hall–Kier alpha value is -2.70. The second-order valence-electron chi connectivity index (χ2n) is 8.36. The standard InChI is InChI=1S/C25H30N2O4/c1-30-24(29)23-25(13-14-25)27(15-8-16-31-19-21-11-6-3-7-12-21)22(28)18-26(23)17-20-9-4-2-5-10-20/h2-7,9-12,23H,8,13-19H2,1H3. The van der Waals surface area contributed by atoms with Gasteiger partial charge in [0.2, 0.25) is 5.91 Å². The lowest BCUT2D eigenvalue weighted by Crippen LogP contribution is -2.66. The largest absolute Gasteiger partial charge is 0.468 e. The van der Waals surface area contributed by atoms with Crippen LogP contribution in [-0.4, -0.2) is 60.1 Å². The lowest BCUT2D eigenvalue weighted by molar-refractivity contribution is -0.162. The van der Waals surface area contributed by atoms with Gasteiger partial charge in [-0.2, -0.15) is 0 Å². The number of hydrogen-bond acceptors (Lipinski definition) is 5. The van der Waals surface area contributed by atoms with Crippen LogP contribution < -0.4 is 0 Å². The van der Waals surface area contributed by atoms with E-state index in [2.05, 4.69) is 0 Å². The van der Waals surface area contributed by atoms with Crippen molar-refractivity contribution in [1.29, 1.82) is 0 Å². The van der Waals surface area contributed by atoms with Crippen molar-refractivity contribution in [2.75, 3.05) is 26.8 Å². The molecule has 1 spiro atoms. The second kappa shape index (κ2) is 9.62. The van der Waals surface area contributed by atoms with Crippen molar-refractivity contribution < 1.29 is 19.1 Å². The number of carbonyl (C=O) groups excluding carboxylic acids is 2. The molecular weight excluding hydrogens is 392 g/mol. The van der Waals surface area contributed by atoms with Gasteiger partial charge >= 0.3 is 5.97 Å². The van der Waals surface area contributed by atoms with Crippen LogP contribution in [0, 0.1) is 0 Å². The fourth-order valence-corrected chi connectivity index (χ4v) is 4.64. The molecule has 1 aliphatic carbocycles. The summed E-state index contributed by atoms with van der Waals surface area (Å²) in [6.45, 7) is 2.52. The number of piperazine rings is 1. The molecule has 6 heteroatoms. The first kappa shape index (κ1) is 21.5. The molecule has 31 heavy (non-hydrogen) atoms. The van der Waals surface area contributed by atoms with Crippen LogP contribution in [-0.2, 0) is 32.2 Å². The third-order valence-electron chi connectivity index (χ3n) is 6.25. The summed E-state index contributed by atoms with van der Waals surface area (Å²) >= 11 is 0. The summed E-state index contributed by atoms with van der Waals surface area (Å²) in [5.41, 5.74) is 1.77. The Morgan fingerprint density at radius 1 is 1.03 bits per heavy atom. The SMILES string of the molecule is COC(=O)C1N(Cc2ccccc2)CC(=O)N(CCCOCc2ccccc2)C12CC2. The zero-order chi connectivity index (χ0) is 21.7. The molecule has 0 bridgehead atoms. The Kier molecular flexibility index (Phi) is 6.68. The minimum Gasteiger partial charge on any atom is -0.468 e. The van der Waals surface area contributed by atoms with Crippen LogP contribution in [0.2, 0.25) is 0 Å². The summed E-state index contributed by atoms with van der Waals surface area (Å²) in [4.78, 5) is 29.8. The molecule has 1 atom stereocenters. The third kappa shape index (κ3) is 4.81. The van der Waals surface area contributed by atoms with Gasteiger partial charge in [0.05, 0.1) is 25.8 Å². The van der Waals surface area contributed by atoms with Gasteiger partial charge in [-0.05, 0) is 30.4 Å². The fraction of sp³-hybridized carbons (Fsp3) is 0.440. The molecule has 2 aromatic rings. The number of nitrogens with zero attached hydrogens (tertiary/aromatic N) is 2. The molecule has 1 saturated heterocycles. The summed E-state index contributed by atoms with van der Waals surface area (Å²) in [7, 11) is 1.43. The lowest BCUT2D eigenvalue weighted by atomic mass is 9.96. The summed E-state index contributed by atoms with van der Waals surface area (Å²) in [5.74, 6) is -0.178. The highest BCUT2D eigenvalue weighted by molar-refractivity contribution is 5.87. The van der Waals surface area contributed by atoms with E-state index in [0.717, 1.165) is 30.4 Å². The van der Waals surface area contributed by atoms with E-state index in [1.807, 2.05) is 70.5 Å². The van der Waals surface area contributed by atoms with Gasteiger partial charge in [-0.1, -0.05) is 60.7 Å². The topological polar surface area (TPSA) is 59.1 Å². The quantitative estimate of drug-likeness (QED) is 0.459. The summed E-state index contributed by atoms with van der Waals surface area (Å²) in [6, 6.07) is 19.6. The van der Waals surface area contributed by atoms with E-state index in [1.165, 1.54) is 7.11 Å². The maximum Gasteiger partial charge on any atom is 0.325 e. The van der Waals surface area contributed by atoms with Gasteiger partial charge in [0.25, 0.3) is 0 Å². The third-order valence-corrected chi connectivity index (χ3v) is 6.25. The van der Waals surface area contributed by atoms with Crippen LogP contribution in [0.1, 0.15) is 30.4 Å². The number of hydrogen-bond donors (Lipinski definition) is 0. The molecule has 1 amide bonds. The van der Waals surface area contributed by atoms with E-state index in [4.69, 9.17) is 9.47 Å². The van der Waals surface area contributed by atoms with Crippen LogP contribution >= 0.6 is 0 Å². The van der Waals surface area contributed by atoms with Crippen molar-refractivity contribution in [3.63, 3.8) is 0 Å². The molecule has 2 fully saturated rings. The van der Waals surface area contributed by atoms with E-state index in [9.17, 15) is 9.59 Å². The minimum atomic E-state index is -0.448. The number of carbonyl (C=O) groups is 2. The van der Waals surface area contributed by atoms with Gasteiger partial charge in [-0.25, -0.2) is 0 Å². The number of amides is 1. The van der Waals surface area contributed by atoms with Crippen molar-refractivity contribution in [2.24, 2.45) is 0 Å². The highest BCUT2D eigenvalue weighted by atomic mass is 16.5. The Bertz CT molecular complexity index is 883. The van der Waals surface area contributed by atoms with E-state index in [0.29, 0.717) is 26.3 Å². The monoisotopic (exact) mass is 422 g/mol. The maximum atomic E-state index is 13.1. The average molecular weight is 423 g/mol. The second-order valence-corrected chi connectivity index (χ2v) is 8.36. The van der Waals surface area contributed by atoms with Crippen molar-refractivity contribution >= 4 is 11.9 Å². The lowest BCUT2D eigenvalue weighted by Gasteiger charge is -2.46. The molecule has 2 aliphatic rings. The normalized spacial score (nSPS) is 20.1. The minimum absolute atomic E-state index is 0.0802. The van der Waals surface area contributed by atoms with Crippen molar-refractivity contribution in [3.8, 4) is 0 Å². The van der Waals surface area contributed by atoms with E-state index in [1.54, 1.807) is 0 Å². The summed E-state index contributed by atoms with van der Waals surface area (Å²) < 4.78 is 11.0. The van der Waals surface area contributed by atoms with Crippen molar-refractivity contribution in [2.45, 2.75) is 44.0 Å². The molecule has 1 heterocycles. The zero-order valence-electron chi connectivity index (χ0n) is 18.0. The molecule has 0 radical (unpaired) electrons. The van der Waals surface area contributed by atoms with Gasteiger partial charge in [0, 0.05) is 19.7 Å². The van der Waals surface area contributed by atoms with Crippen LogP contribution in [0.15, 0.2) is 60.7 Å². The summed E-state index contributed by atoms with van der Waals surface area (Å²) in [6.07, 6.45) is 2.40. The maximum absolute atomic E-state index is 13.1. The first-order valence-electron chi connectivity index (χ1n) is 10.9. The van der Waals surface area contributed by atoms with Crippen LogP contribution in [0.25, 0.3) is 0 Å². The Balaban J connectivity index is 1.39. The molecule has 0 aromatic heterocycles. The van der Waals surface area contributed by atoms with Crippen LogP contribution in [0.5, 0.6) is 0 Å². The number of methoxy groups -OCH3 is 1. The van der Waals surface area contributed by atoms with E-state index in [-0.39, 0.29) is 18.4 Å². The Labute approximate surface area is 183 Å². The van der Waals surface area contributed by atoms with Gasteiger partial charge in [-0.15, -0.1) is 0 Å². The predicted octanol–water partition coefficient (Wildman–Crippen LogP) is 3.01. The van der Waals surface area contributed by atoms with Gasteiger partial charge in [0.15, 0.2) is 0 Å². The molecule has 6 nitrogen and oxygen atoms in total. The Morgan fingerprint density at radius 3 is 2.29 bits per heavy atom. The number of esters is 1. The Morgan fingerprint density at radius 2 is 1.68 bits per heavy atom. The molecule has 0 N–H and O–H groups in total. The smallest absolute Gasteiger partial charge is 0.325 e. The first-order valence-corrected chi connectivity index (χ1v) is 10.9. The highest BCUT2D eigenvalue weighted by Gasteiger charge is 2.63. The van der Waals surface area contributed by atoms with Crippen molar-refractivity contribution in [1.82, 2.24) is 9.80 Å². The van der Waals surface area contributed by atoms with Crippen LogP contribution in [0.4, 0.5) is 0 Å². The van der Waals surface area contributed by atoms with Gasteiger partial charge in [0.1, 0.15) is 6.04 Å². The molecule has 1 aliphatic heterocycles. The van der Waals surface area contributed by atoms with E-state index < -0.39 is 11.6 Å². The number of benzene rings is 2. The molecular formula is C25H30N2O4. The van der Waals surface area contributed by atoms with Gasteiger partial charge < -0.3 is 14.4 Å². The fourth-order valence-electron chi connectivity index (χ4n) is 4.64. The van der Waals surface area contributed by atoms with Crippen molar-refractivity contribution in [3.05, 3.63) is 71.8 Å². The van der Waals surface area contributed by atoms with Gasteiger partial charge in [-0.3, -0.25) is 14.5 Å². The van der Waals surface area contributed by atoms with E-state index >= 15 is 0 Å². The molecule has 164 valence electrons. The molecule has 4 rings (SSSR count). The number of ether oxygens (including phenoxy) is 2. The molecule has 1 saturated carbocycles.